The maximum absolute atomic E-state index is 13.8. The highest BCUT2D eigenvalue weighted by Crippen LogP contribution is 2.31. The summed E-state index contributed by atoms with van der Waals surface area (Å²) in [5.41, 5.74) is 2.44. The molecule has 0 amide bonds. The first-order valence-electron chi connectivity index (χ1n) is 6.79. The molecule has 0 bridgehead atoms. The monoisotopic (exact) mass is 289 g/mol. The van der Waals surface area contributed by atoms with Crippen LogP contribution in [0.25, 0.3) is 0 Å². The zero-order chi connectivity index (χ0) is 15.4. The van der Waals surface area contributed by atoms with E-state index in [1.807, 2.05) is 32.0 Å². The molecule has 0 aromatic heterocycles. The number of benzene rings is 2. The van der Waals surface area contributed by atoms with Crippen LogP contribution in [0.1, 0.15) is 24.1 Å². The molecule has 4 heteroatoms. The van der Waals surface area contributed by atoms with Crippen molar-refractivity contribution in [3.05, 3.63) is 53.3 Å². The molecule has 2 aromatic carbocycles. The quantitative estimate of drug-likeness (QED) is 0.889. The van der Waals surface area contributed by atoms with Gasteiger partial charge < -0.3 is 14.8 Å². The van der Waals surface area contributed by atoms with Crippen LogP contribution in [0.15, 0.2) is 36.4 Å². The molecule has 21 heavy (non-hydrogen) atoms. The molecule has 0 spiro atoms. The Morgan fingerprint density at radius 1 is 1.05 bits per heavy atom. The summed E-state index contributed by atoms with van der Waals surface area (Å²) >= 11 is 0. The number of hydrogen-bond acceptors (Lipinski definition) is 3. The first kappa shape index (κ1) is 15.2. The SMILES string of the molecule is COc1ccc(C(C)Nc2cc(C)ccc2F)c(OC)c1. The fraction of sp³-hybridized carbons (Fsp3) is 0.294. The molecule has 0 aliphatic heterocycles. The number of hydrogen-bond donors (Lipinski definition) is 1. The van der Waals surface area contributed by atoms with E-state index in [0.717, 1.165) is 16.9 Å². The fourth-order valence-corrected chi connectivity index (χ4v) is 2.24. The Kier molecular flexibility index (Phi) is 4.68. The summed E-state index contributed by atoms with van der Waals surface area (Å²) in [6.07, 6.45) is 0. The van der Waals surface area contributed by atoms with Gasteiger partial charge in [-0.1, -0.05) is 6.07 Å². The summed E-state index contributed by atoms with van der Waals surface area (Å²) in [5.74, 6) is 1.17. The van der Waals surface area contributed by atoms with Crippen LogP contribution < -0.4 is 14.8 Å². The molecule has 1 N–H and O–H groups in total. The molecule has 0 saturated heterocycles. The van der Waals surface area contributed by atoms with Gasteiger partial charge in [-0.2, -0.15) is 0 Å². The number of nitrogens with one attached hydrogen (secondary N) is 1. The van der Waals surface area contributed by atoms with Gasteiger partial charge in [-0.25, -0.2) is 4.39 Å². The largest absolute Gasteiger partial charge is 0.497 e. The van der Waals surface area contributed by atoms with Crippen LogP contribution in [0.4, 0.5) is 10.1 Å². The Morgan fingerprint density at radius 2 is 1.81 bits per heavy atom. The van der Waals surface area contributed by atoms with E-state index in [-0.39, 0.29) is 11.9 Å². The molecule has 2 rings (SSSR count). The van der Waals surface area contributed by atoms with Crippen molar-refractivity contribution in [2.45, 2.75) is 19.9 Å². The van der Waals surface area contributed by atoms with Gasteiger partial charge in [-0.05, 0) is 43.7 Å². The van der Waals surface area contributed by atoms with E-state index in [1.54, 1.807) is 26.4 Å². The molecular weight excluding hydrogens is 269 g/mol. The highest BCUT2D eigenvalue weighted by Gasteiger charge is 2.14. The highest BCUT2D eigenvalue weighted by molar-refractivity contribution is 5.51. The fourth-order valence-electron chi connectivity index (χ4n) is 2.24. The molecule has 112 valence electrons. The van der Waals surface area contributed by atoms with Crippen LogP contribution in [0.5, 0.6) is 11.5 Å². The standard InChI is InChI=1S/C17H20FNO2/c1-11-5-8-15(18)16(9-11)19-12(2)14-7-6-13(20-3)10-17(14)21-4/h5-10,12,19H,1-4H3. The first-order chi connectivity index (χ1) is 10.0. The van der Waals surface area contributed by atoms with Crippen LogP contribution in [0, 0.1) is 12.7 Å². The molecule has 1 atom stereocenters. The molecule has 0 heterocycles. The lowest BCUT2D eigenvalue weighted by Gasteiger charge is -2.19. The Balaban J connectivity index is 2.27. The first-order valence-corrected chi connectivity index (χ1v) is 6.79. The second-order valence-corrected chi connectivity index (χ2v) is 4.96. The number of ether oxygens (including phenoxy) is 2. The van der Waals surface area contributed by atoms with E-state index in [9.17, 15) is 4.39 Å². The molecule has 0 aliphatic carbocycles. The Labute approximate surface area is 124 Å². The van der Waals surface area contributed by atoms with Crippen LogP contribution in [-0.2, 0) is 0 Å². The van der Waals surface area contributed by atoms with Crippen molar-refractivity contribution in [2.75, 3.05) is 19.5 Å². The number of anilines is 1. The molecule has 1 unspecified atom stereocenters. The van der Waals surface area contributed by atoms with Crippen molar-refractivity contribution in [3.63, 3.8) is 0 Å². The zero-order valence-electron chi connectivity index (χ0n) is 12.7. The number of rotatable bonds is 5. The summed E-state index contributed by atoms with van der Waals surface area (Å²) < 4.78 is 24.4. The zero-order valence-corrected chi connectivity index (χ0v) is 12.7. The predicted octanol–water partition coefficient (Wildman–Crippen LogP) is 4.32. The third-order valence-corrected chi connectivity index (χ3v) is 3.40. The van der Waals surface area contributed by atoms with Gasteiger partial charge in [-0.15, -0.1) is 0 Å². The number of methoxy groups -OCH3 is 2. The van der Waals surface area contributed by atoms with E-state index in [0.29, 0.717) is 11.4 Å². The van der Waals surface area contributed by atoms with Crippen molar-refractivity contribution < 1.29 is 13.9 Å². The van der Waals surface area contributed by atoms with Crippen molar-refractivity contribution in [2.24, 2.45) is 0 Å². The number of halogens is 1. The Morgan fingerprint density at radius 3 is 2.48 bits per heavy atom. The maximum atomic E-state index is 13.8. The Bertz CT molecular complexity index is 628. The lowest BCUT2D eigenvalue weighted by atomic mass is 10.1. The van der Waals surface area contributed by atoms with E-state index in [2.05, 4.69) is 5.32 Å². The van der Waals surface area contributed by atoms with Gasteiger partial charge in [0.1, 0.15) is 17.3 Å². The third kappa shape index (κ3) is 3.45. The molecule has 0 radical (unpaired) electrons. The van der Waals surface area contributed by atoms with Crippen molar-refractivity contribution in [1.82, 2.24) is 0 Å². The minimum Gasteiger partial charge on any atom is -0.497 e. The van der Waals surface area contributed by atoms with Crippen molar-refractivity contribution >= 4 is 5.69 Å². The average molecular weight is 289 g/mol. The minimum absolute atomic E-state index is 0.0952. The summed E-state index contributed by atoms with van der Waals surface area (Å²) in [6.45, 7) is 3.90. The van der Waals surface area contributed by atoms with Gasteiger partial charge >= 0.3 is 0 Å². The van der Waals surface area contributed by atoms with Gasteiger partial charge in [0.05, 0.1) is 25.9 Å². The van der Waals surface area contributed by atoms with Crippen LogP contribution >= 0.6 is 0 Å². The van der Waals surface area contributed by atoms with E-state index in [4.69, 9.17) is 9.47 Å². The minimum atomic E-state index is -0.264. The summed E-state index contributed by atoms with van der Waals surface area (Å²) in [5, 5.41) is 3.18. The lowest BCUT2D eigenvalue weighted by Crippen LogP contribution is -2.09. The van der Waals surface area contributed by atoms with Crippen LogP contribution in [-0.4, -0.2) is 14.2 Å². The molecule has 0 aliphatic rings. The predicted molar refractivity (Wildman–Crippen MR) is 82.7 cm³/mol. The summed E-state index contributed by atoms with van der Waals surface area (Å²) in [4.78, 5) is 0. The van der Waals surface area contributed by atoms with Gasteiger partial charge in [0.25, 0.3) is 0 Å². The van der Waals surface area contributed by atoms with Crippen LogP contribution in [0.2, 0.25) is 0 Å². The van der Waals surface area contributed by atoms with Crippen molar-refractivity contribution in [3.8, 4) is 11.5 Å². The molecule has 0 saturated carbocycles. The second kappa shape index (κ2) is 6.48. The smallest absolute Gasteiger partial charge is 0.146 e. The molecule has 3 nitrogen and oxygen atoms in total. The van der Waals surface area contributed by atoms with Crippen molar-refractivity contribution in [1.29, 1.82) is 0 Å². The van der Waals surface area contributed by atoms with E-state index in [1.165, 1.54) is 6.07 Å². The van der Waals surface area contributed by atoms with E-state index >= 15 is 0 Å². The summed E-state index contributed by atoms with van der Waals surface area (Å²) in [7, 11) is 3.22. The maximum Gasteiger partial charge on any atom is 0.146 e. The topological polar surface area (TPSA) is 30.5 Å². The highest BCUT2D eigenvalue weighted by atomic mass is 19.1. The second-order valence-electron chi connectivity index (χ2n) is 4.96. The third-order valence-electron chi connectivity index (χ3n) is 3.40. The average Bonchev–Trinajstić information content (AvgIpc) is 2.50. The normalized spacial score (nSPS) is 11.9. The molecule has 2 aromatic rings. The number of aryl methyl sites for hydroxylation is 1. The Hall–Kier alpha value is -2.23. The van der Waals surface area contributed by atoms with Gasteiger partial charge in [0, 0.05) is 11.6 Å². The lowest BCUT2D eigenvalue weighted by molar-refractivity contribution is 0.390. The van der Waals surface area contributed by atoms with Gasteiger partial charge in [0.2, 0.25) is 0 Å². The van der Waals surface area contributed by atoms with Gasteiger partial charge in [0.15, 0.2) is 0 Å². The van der Waals surface area contributed by atoms with E-state index < -0.39 is 0 Å². The molecule has 0 fully saturated rings. The van der Waals surface area contributed by atoms with Crippen LogP contribution in [0.3, 0.4) is 0 Å². The summed E-state index contributed by atoms with van der Waals surface area (Å²) in [6, 6.07) is 10.5. The van der Waals surface area contributed by atoms with Gasteiger partial charge in [-0.3, -0.25) is 0 Å². The molecular formula is C17H20FNO2.